The van der Waals surface area contributed by atoms with Crippen LogP contribution in [0, 0.1) is 41.7 Å². The van der Waals surface area contributed by atoms with Gasteiger partial charge in [0.15, 0.2) is 0 Å². The molecule has 0 fully saturated rings. The average molecular weight is 500 g/mol. The normalized spacial score (nSPS) is 0. The Kier molecular flexibility index (Phi) is 192. The first-order valence-electron chi connectivity index (χ1n) is 0. The molecule has 0 aromatic heterocycles. The van der Waals surface area contributed by atoms with Gasteiger partial charge in [-0.1, -0.05) is 0 Å². The molecule has 5 heavy (non-hydrogen) atoms. The van der Waals surface area contributed by atoms with Gasteiger partial charge in [0, 0.05) is 0 Å². The number of rotatable bonds is 0. The Balaban J connectivity index is 0. The summed E-state index contributed by atoms with van der Waals surface area (Å²) in [5.74, 6) is 0. The molecule has 0 aliphatic rings. The summed E-state index contributed by atoms with van der Waals surface area (Å²) in [6.45, 7) is 0. The van der Waals surface area contributed by atoms with E-state index in [1.807, 2.05) is 0 Å². The van der Waals surface area contributed by atoms with Gasteiger partial charge in [-0.3, -0.25) is 0 Å². The van der Waals surface area contributed by atoms with E-state index in [9.17, 15) is 0 Å². The molecule has 1 radical (unpaired) electrons. The summed E-state index contributed by atoms with van der Waals surface area (Å²) >= 11 is 0. The zero-order valence-electron chi connectivity index (χ0n) is 2.43. The first-order chi connectivity index (χ1) is 0. The van der Waals surface area contributed by atoms with Crippen LogP contribution in [0.2, 0.25) is 0 Å². The SMILES string of the molecule is [Ce+3].[In+3].[O-2].[Ta+5].[Ti+4]. The molecule has 0 aromatic carbocycles. The van der Waals surface area contributed by atoms with Crippen molar-refractivity contribution in [2.75, 3.05) is 0 Å². The van der Waals surface area contributed by atoms with Crippen molar-refractivity contribution in [2.45, 2.75) is 0 Å². The van der Waals surface area contributed by atoms with Crippen molar-refractivity contribution in [1.82, 2.24) is 0 Å². The summed E-state index contributed by atoms with van der Waals surface area (Å²) in [5.41, 5.74) is 0. The molecule has 0 atom stereocenters. The van der Waals surface area contributed by atoms with E-state index in [0.29, 0.717) is 0 Å². The first-order valence-corrected chi connectivity index (χ1v) is 0. The predicted octanol–water partition coefficient (Wildman–Crippen LogP) is -0.505. The molecule has 0 aromatic rings. The molecule has 0 amide bonds. The molecular formula is CeInOTaTi+13. The fourth-order valence-corrected chi connectivity index (χ4v) is 0. The summed E-state index contributed by atoms with van der Waals surface area (Å²) in [6, 6.07) is 0. The van der Waals surface area contributed by atoms with Crippen LogP contribution in [-0.4, -0.2) is 25.8 Å². The average Bonchev–Trinajstić information content (AvgIpc) is 0. The van der Waals surface area contributed by atoms with Crippen LogP contribution in [0.5, 0.6) is 0 Å². The second kappa shape index (κ2) is 25.4. The van der Waals surface area contributed by atoms with Crippen molar-refractivity contribution in [2.24, 2.45) is 0 Å². The van der Waals surface area contributed by atoms with Crippen molar-refractivity contribution < 1.29 is 91.3 Å². The van der Waals surface area contributed by atoms with Gasteiger partial charge in [0.25, 0.3) is 0 Å². The second-order valence-corrected chi connectivity index (χ2v) is 0. The topological polar surface area (TPSA) is 28.5 Å². The van der Waals surface area contributed by atoms with Crippen molar-refractivity contribution in [1.29, 1.82) is 0 Å². The van der Waals surface area contributed by atoms with Gasteiger partial charge >= 0.3 is 112 Å². The Bertz CT molecular complexity index is 11.6. The third kappa shape index (κ3) is 18.3. The quantitative estimate of drug-likeness (QED) is 0.402. The first kappa shape index (κ1) is 37.9. The van der Waals surface area contributed by atoms with Crippen molar-refractivity contribution in [3.63, 3.8) is 0 Å². The van der Waals surface area contributed by atoms with E-state index in [-0.39, 0.29) is 117 Å². The van der Waals surface area contributed by atoms with Crippen molar-refractivity contribution >= 4 is 25.8 Å². The van der Waals surface area contributed by atoms with Crippen LogP contribution in [0.4, 0.5) is 0 Å². The second-order valence-electron chi connectivity index (χ2n) is 0. The van der Waals surface area contributed by atoms with Crippen LogP contribution in [0.3, 0.4) is 0 Å². The van der Waals surface area contributed by atoms with Gasteiger partial charge in [-0.15, -0.1) is 0 Å². The Morgan fingerprint density at radius 2 is 1.00 bits per heavy atom. The largest absolute Gasteiger partial charge is 5.00 e. The maximum absolute atomic E-state index is 0. The zero-order chi connectivity index (χ0) is 0. The standard InChI is InChI=1S/Ce.In.O.Ta.Ti/q2*+3;-2;+5;+4. The predicted molar refractivity (Wildman–Crippen MR) is 6.44 cm³/mol. The summed E-state index contributed by atoms with van der Waals surface area (Å²) in [4.78, 5) is 0. The molecule has 5 heteroatoms. The fourth-order valence-electron chi connectivity index (χ4n) is 0. The minimum atomic E-state index is 0. The third-order valence-corrected chi connectivity index (χ3v) is 0. The smallest absolute Gasteiger partial charge is 2.00 e. The van der Waals surface area contributed by atoms with Gasteiger partial charge in [-0.05, 0) is 0 Å². The molecular weight excluding hydrogens is 500 g/mol. The molecule has 0 aliphatic heterocycles. The summed E-state index contributed by atoms with van der Waals surface area (Å²) < 4.78 is 0. The van der Waals surface area contributed by atoms with Gasteiger partial charge < -0.3 is 5.48 Å². The Hall–Kier alpha value is 3.66. The third-order valence-electron chi connectivity index (χ3n) is 0. The minimum Gasteiger partial charge on any atom is -2.00 e. The maximum atomic E-state index is 0. The Morgan fingerprint density at radius 1 is 1.00 bits per heavy atom. The van der Waals surface area contributed by atoms with Crippen LogP contribution in [0.1, 0.15) is 0 Å². The Morgan fingerprint density at radius 3 is 1.00 bits per heavy atom. The van der Waals surface area contributed by atoms with E-state index in [1.165, 1.54) is 0 Å². The fraction of sp³-hybridized carbons (Fsp3) is 0. The van der Waals surface area contributed by atoms with Gasteiger partial charge in [-0.2, -0.15) is 0 Å². The van der Waals surface area contributed by atoms with Crippen molar-refractivity contribution in [3.05, 3.63) is 0 Å². The van der Waals surface area contributed by atoms with E-state index < -0.39 is 0 Å². The van der Waals surface area contributed by atoms with Crippen LogP contribution < -0.4 is 0 Å². The van der Waals surface area contributed by atoms with Gasteiger partial charge in [0.05, 0.1) is 0 Å². The van der Waals surface area contributed by atoms with E-state index in [0.717, 1.165) is 0 Å². The molecule has 0 rings (SSSR count). The van der Waals surface area contributed by atoms with Crippen LogP contribution in [-0.2, 0) is 49.6 Å². The van der Waals surface area contributed by atoms with Gasteiger partial charge in [0.1, 0.15) is 0 Å². The molecule has 0 N–H and O–H groups in total. The molecule has 0 spiro atoms. The van der Waals surface area contributed by atoms with E-state index in [1.54, 1.807) is 0 Å². The molecule has 9 valence electrons. The van der Waals surface area contributed by atoms with E-state index >= 15 is 0 Å². The maximum Gasteiger partial charge on any atom is 5.00 e. The molecule has 0 unspecified atom stereocenters. The summed E-state index contributed by atoms with van der Waals surface area (Å²) in [5, 5.41) is 0. The van der Waals surface area contributed by atoms with E-state index in [2.05, 4.69) is 0 Å². The summed E-state index contributed by atoms with van der Waals surface area (Å²) in [7, 11) is 0. The molecule has 0 saturated heterocycles. The monoisotopic (exact) mass is 500 g/mol. The Labute approximate surface area is 114 Å². The molecule has 0 saturated carbocycles. The number of hydrogen-bond acceptors (Lipinski definition) is 0. The van der Waals surface area contributed by atoms with Crippen molar-refractivity contribution in [3.8, 4) is 0 Å². The number of hydrogen-bond donors (Lipinski definition) is 0. The van der Waals surface area contributed by atoms with E-state index in [4.69, 9.17) is 0 Å². The van der Waals surface area contributed by atoms with Crippen LogP contribution in [0.25, 0.3) is 0 Å². The van der Waals surface area contributed by atoms with Crippen LogP contribution in [0.15, 0.2) is 0 Å². The minimum absolute atomic E-state index is 0. The molecule has 0 heterocycles. The van der Waals surface area contributed by atoms with Crippen LogP contribution >= 0.6 is 0 Å². The molecule has 0 bridgehead atoms. The molecule has 1 nitrogen and oxygen atoms in total. The van der Waals surface area contributed by atoms with Gasteiger partial charge in [-0.25, -0.2) is 0 Å². The molecule has 0 aliphatic carbocycles. The zero-order valence-corrected chi connectivity index (χ0v) is 13.6. The van der Waals surface area contributed by atoms with Gasteiger partial charge in [0.2, 0.25) is 0 Å². The summed E-state index contributed by atoms with van der Waals surface area (Å²) in [6.07, 6.45) is 0.